The molecule has 21 heavy (non-hydrogen) atoms. The van der Waals surface area contributed by atoms with Gasteiger partial charge >= 0.3 is 0 Å². The van der Waals surface area contributed by atoms with Crippen LogP contribution < -0.4 is 10.5 Å². The Hall–Kier alpha value is -1.20. The number of aromatic amines is 1. The first kappa shape index (κ1) is 16.2. The second-order valence-electron chi connectivity index (χ2n) is 6.42. The van der Waals surface area contributed by atoms with Crippen LogP contribution in [0.2, 0.25) is 0 Å². The third-order valence-electron chi connectivity index (χ3n) is 3.31. The number of hydrogen-bond acceptors (Lipinski definition) is 4. The zero-order valence-electron chi connectivity index (χ0n) is 13.4. The fraction of sp³-hybridized carbons (Fsp3) is 0.562. The van der Waals surface area contributed by atoms with E-state index >= 15 is 0 Å². The lowest BCUT2D eigenvalue weighted by molar-refractivity contribution is 0.340. The molecular formula is C16H25N3OS. The van der Waals surface area contributed by atoms with Crippen molar-refractivity contribution in [2.24, 2.45) is 11.1 Å². The first-order valence-electron chi connectivity index (χ1n) is 7.36. The first-order chi connectivity index (χ1) is 9.81. The van der Waals surface area contributed by atoms with Crippen molar-refractivity contribution in [2.45, 2.75) is 51.1 Å². The number of ether oxygens (including phenoxy) is 1. The summed E-state index contributed by atoms with van der Waals surface area (Å²) in [6.45, 7) is 11.3. The molecule has 0 fully saturated rings. The van der Waals surface area contributed by atoms with Crippen molar-refractivity contribution in [1.29, 1.82) is 0 Å². The van der Waals surface area contributed by atoms with Gasteiger partial charge in [-0.3, -0.25) is 0 Å². The largest absolute Gasteiger partial charge is 0.494 e. The van der Waals surface area contributed by atoms with Gasteiger partial charge in [-0.15, -0.1) is 0 Å². The van der Waals surface area contributed by atoms with E-state index in [1.807, 2.05) is 25.1 Å². The summed E-state index contributed by atoms with van der Waals surface area (Å²) < 4.78 is 5.52. The van der Waals surface area contributed by atoms with Gasteiger partial charge in [-0.2, -0.15) is 0 Å². The van der Waals surface area contributed by atoms with E-state index in [1.165, 1.54) is 0 Å². The zero-order chi connectivity index (χ0) is 15.6. The highest BCUT2D eigenvalue weighted by atomic mass is 32.2. The Labute approximate surface area is 130 Å². The molecule has 1 heterocycles. The van der Waals surface area contributed by atoms with Crippen LogP contribution in [-0.2, 0) is 0 Å². The van der Waals surface area contributed by atoms with E-state index in [2.05, 4.69) is 37.7 Å². The molecule has 4 nitrogen and oxygen atoms in total. The van der Waals surface area contributed by atoms with E-state index in [0.717, 1.165) is 21.9 Å². The van der Waals surface area contributed by atoms with Crippen LogP contribution in [0.25, 0.3) is 11.0 Å². The standard InChI is InChI=1S/C16H25N3OS/c1-6-20-11-7-8-12-13(9-11)19-15(18-12)21-14(10(2)17)16(3,4)5/h7-10,14H,6,17H2,1-5H3,(H,18,19). The van der Waals surface area contributed by atoms with Gasteiger partial charge in [0.25, 0.3) is 0 Å². The molecule has 0 saturated carbocycles. The lowest BCUT2D eigenvalue weighted by Crippen LogP contribution is -2.38. The van der Waals surface area contributed by atoms with Crippen molar-refractivity contribution >= 4 is 22.8 Å². The topological polar surface area (TPSA) is 63.9 Å². The lowest BCUT2D eigenvalue weighted by Gasteiger charge is -2.32. The van der Waals surface area contributed by atoms with Crippen molar-refractivity contribution in [3.05, 3.63) is 18.2 Å². The normalized spacial score (nSPS) is 15.1. The summed E-state index contributed by atoms with van der Waals surface area (Å²) in [6, 6.07) is 6.03. The highest BCUT2D eigenvalue weighted by Crippen LogP contribution is 2.36. The summed E-state index contributed by atoms with van der Waals surface area (Å²) in [5.41, 5.74) is 8.22. The SMILES string of the molecule is CCOc1ccc2nc(SC(C(C)N)C(C)(C)C)[nH]c2c1. The van der Waals surface area contributed by atoms with Gasteiger partial charge in [-0.05, 0) is 31.4 Å². The number of fused-ring (bicyclic) bond motifs is 1. The number of benzene rings is 1. The van der Waals surface area contributed by atoms with Crippen LogP contribution in [0, 0.1) is 5.41 Å². The van der Waals surface area contributed by atoms with Crippen LogP contribution in [-0.4, -0.2) is 27.9 Å². The van der Waals surface area contributed by atoms with Gasteiger partial charge < -0.3 is 15.5 Å². The molecule has 0 aliphatic heterocycles. The summed E-state index contributed by atoms with van der Waals surface area (Å²) in [5, 5.41) is 1.21. The molecule has 0 aliphatic carbocycles. The highest BCUT2D eigenvalue weighted by molar-refractivity contribution is 7.99. The van der Waals surface area contributed by atoms with E-state index < -0.39 is 0 Å². The Morgan fingerprint density at radius 3 is 2.67 bits per heavy atom. The van der Waals surface area contributed by atoms with E-state index in [9.17, 15) is 0 Å². The van der Waals surface area contributed by atoms with Crippen LogP contribution >= 0.6 is 11.8 Å². The average Bonchev–Trinajstić information content (AvgIpc) is 2.76. The Morgan fingerprint density at radius 2 is 2.10 bits per heavy atom. The van der Waals surface area contributed by atoms with E-state index in [-0.39, 0.29) is 11.5 Å². The Kier molecular flexibility index (Phi) is 4.84. The Bertz CT molecular complexity index is 601. The second kappa shape index (κ2) is 6.28. The molecule has 0 amide bonds. The van der Waals surface area contributed by atoms with E-state index in [4.69, 9.17) is 10.5 Å². The summed E-state index contributed by atoms with van der Waals surface area (Å²) in [7, 11) is 0. The molecule has 1 aromatic heterocycles. The number of H-pyrrole nitrogens is 1. The number of nitrogens with one attached hydrogen (secondary N) is 1. The summed E-state index contributed by atoms with van der Waals surface area (Å²) in [4.78, 5) is 8.01. The second-order valence-corrected chi connectivity index (χ2v) is 7.55. The van der Waals surface area contributed by atoms with Gasteiger partial charge in [0, 0.05) is 17.4 Å². The number of nitrogens with two attached hydrogens (primary N) is 1. The van der Waals surface area contributed by atoms with E-state index in [0.29, 0.717) is 11.9 Å². The average molecular weight is 307 g/mol. The fourth-order valence-electron chi connectivity index (χ4n) is 2.47. The maximum Gasteiger partial charge on any atom is 0.166 e. The Balaban J connectivity index is 2.26. The van der Waals surface area contributed by atoms with Gasteiger partial charge in [0.05, 0.1) is 17.6 Å². The molecule has 116 valence electrons. The minimum absolute atomic E-state index is 0.0993. The minimum Gasteiger partial charge on any atom is -0.494 e. The minimum atomic E-state index is 0.0993. The molecule has 2 unspecified atom stereocenters. The predicted octanol–water partition coefficient (Wildman–Crippen LogP) is 3.82. The van der Waals surface area contributed by atoms with Gasteiger partial charge in [-0.25, -0.2) is 4.98 Å². The van der Waals surface area contributed by atoms with Gasteiger partial charge in [-0.1, -0.05) is 32.5 Å². The number of rotatable bonds is 5. The monoisotopic (exact) mass is 307 g/mol. The maximum absolute atomic E-state index is 6.15. The van der Waals surface area contributed by atoms with Crippen molar-refractivity contribution in [3.8, 4) is 5.75 Å². The molecule has 0 radical (unpaired) electrons. The maximum atomic E-state index is 6.15. The first-order valence-corrected chi connectivity index (χ1v) is 8.24. The molecule has 0 bridgehead atoms. The van der Waals surface area contributed by atoms with Crippen molar-refractivity contribution in [1.82, 2.24) is 9.97 Å². The molecule has 1 aromatic carbocycles. The van der Waals surface area contributed by atoms with Gasteiger partial charge in [0.2, 0.25) is 0 Å². The highest BCUT2D eigenvalue weighted by Gasteiger charge is 2.29. The zero-order valence-corrected chi connectivity index (χ0v) is 14.3. The number of aromatic nitrogens is 2. The molecule has 3 N–H and O–H groups in total. The number of hydrogen-bond donors (Lipinski definition) is 2. The van der Waals surface area contributed by atoms with E-state index in [1.54, 1.807) is 11.8 Å². The smallest absolute Gasteiger partial charge is 0.166 e. The fourth-order valence-corrected chi connectivity index (χ4v) is 3.60. The van der Waals surface area contributed by atoms with Crippen LogP contribution in [0.1, 0.15) is 34.6 Å². The van der Waals surface area contributed by atoms with Gasteiger partial charge in [0.1, 0.15) is 5.75 Å². The molecule has 0 spiro atoms. The third kappa shape index (κ3) is 3.92. The van der Waals surface area contributed by atoms with Crippen molar-refractivity contribution in [3.63, 3.8) is 0 Å². The van der Waals surface area contributed by atoms with Crippen LogP contribution in [0.5, 0.6) is 5.75 Å². The van der Waals surface area contributed by atoms with Crippen molar-refractivity contribution < 1.29 is 4.74 Å². The summed E-state index contributed by atoms with van der Waals surface area (Å²) in [6.07, 6.45) is 0. The predicted molar refractivity (Wildman–Crippen MR) is 90.0 cm³/mol. The van der Waals surface area contributed by atoms with Gasteiger partial charge in [0.15, 0.2) is 5.16 Å². The third-order valence-corrected chi connectivity index (χ3v) is 5.12. The molecule has 2 rings (SSSR count). The number of nitrogens with zero attached hydrogens (tertiary/aromatic N) is 1. The molecular weight excluding hydrogens is 282 g/mol. The van der Waals surface area contributed by atoms with Crippen molar-refractivity contribution in [2.75, 3.05) is 6.61 Å². The molecule has 5 heteroatoms. The van der Waals surface area contributed by atoms with Crippen LogP contribution in [0.3, 0.4) is 0 Å². The molecule has 2 atom stereocenters. The molecule has 0 saturated heterocycles. The molecule has 0 aliphatic rings. The van der Waals surface area contributed by atoms with Crippen LogP contribution in [0.15, 0.2) is 23.4 Å². The molecule has 2 aromatic rings. The Morgan fingerprint density at radius 1 is 1.38 bits per heavy atom. The number of imidazole rings is 1. The lowest BCUT2D eigenvalue weighted by atomic mass is 9.88. The quantitative estimate of drug-likeness (QED) is 0.824. The summed E-state index contributed by atoms with van der Waals surface area (Å²) >= 11 is 1.72. The number of thioether (sulfide) groups is 1. The van der Waals surface area contributed by atoms with Crippen LogP contribution in [0.4, 0.5) is 0 Å². The summed E-state index contributed by atoms with van der Waals surface area (Å²) in [5.74, 6) is 0.866.